The van der Waals surface area contributed by atoms with Crippen molar-refractivity contribution in [2.45, 2.75) is 19.8 Å². The zero-order valence-electron chi connectivity index (χ0n) is 16.2. The molecule has 0 saturated carbocycles. The van der Waals surface area contributed by atoms with Gasteiger partial charge in [0.2, 0.25) is 0 Å². The van der Waals surface area contributed by atoms with Crippen LogP contribution >= 0.6 is 35.6 Å². The van der Waals surface area contributed by atoms with E-state index in [-0.39, 0.29) is 41.8 Å². The third-order valence-corrected chi connectivity index (χ3v) is 4.68. The Kier molecular flexibility index (Phi) is 11.2. The molecule has 0 bridgehead atoms. The van der Waals surface area contributed by atoms with Gasteiger partial charge in [-0.25, -0.2) is 0 Å². The number of ether oxygens (including phenoxy) is 1. The molecule has 2 N–H and O–H groups in total. The summed E-state index contributed by atoms with van der Waals surface area (Å²) < 4.78 is 5.10. The largest absolute Gasteiger partial charge is 0.466 e. The van der Waals surface area contributed by atoms with Gasteiger partial charge in [-0.15, -0.1) is 24.0 Å². The van der Waals surface area contributed by atoms with E-state index in [2.05, 4.69) is 20.5 Å². The number of hydrogen-bond acceptors (Lipinski definition) is 4. The molecule has 0 aliphatic carbocycles. The Bertz CT molecular complexity index is 662. The molecule has 1 aliphatic rings. The van der Waals surface area contributed by atoms with Crippen LogP contribution in [0.5, 0.6) is 0 Å². The Morgan fingerprint density at radius 3 is 2.36 bits per heavy atom. The van der Waals surface area contributed by atoms with Gasteiger partial charge in [-0.1, -0.05) is 11.6 Å². The van der Waals surface area contributed by atoms with E-state index in [0.717, 1.165) is 31.9 Å². The van der Waals surface area contributed by atoms with E-state index in [9.17, 15) is 9.59 Å². The van der Waals surface area contributed by atoms with E-state index in [1.54, 1.807) is 31.3 Å². The molecule has 1 saturated heterocycles. The Balaban J connectivity index is 0.00000392. The van der Waals surface area contributed by atoms with Crippen molar-refractivity contribution in [1.29, 1.82) is 0 Å². The molecule has 1 amide bonds. The zero-order chi connectivity index (χ0) is 19.6. The van der Waals surface area contributed by atoms with Gasteiger partial charge in [0.1, 0.15) is 0 Å². The molecule has 0 spiro atoms. The van der Waals surface area contributed by atoms with Crippen molar-refractivity contribution in [3.63, 3.8) is 0 Å². The molecule has 0 unspecified atom stereocenters. The van der Waals surface area contributed by atoms with Crippen LogP contribution in [0.4, 0.5) is 0 Å². The van der Waals surface area contributed by atoms with Crippen LogP contribution in [0.15, 0.2) is 29.3 Å². The van der Waals surface area contributed by atoms with E-state index in [1.165, 1.54) is 0 Å². The molecule has 1 heterocycles. The summed E-state index contributed by atoms with van der Waals surface area (Å²) in [6, 6.07) is 6.77. The van der Waals surface area contributed by atoms with E-state index in [0.29, 0.717) is 30.3 Å². The lowest BCUT2D eigenvalue weighted by Crippen LogP contribution is -2.48. The van der Waals surface area contributed by atoms with E-state index < -0.39 is 0 Å². The highest BCUT2D eigenvalue weighted by molar-refractivity contribution is 14.0. The average Bonchev–Trinajstić information content (AvgIpc) is 2.69. The highest BCUT2D eigenvalue weighted by Gasteiger charge is 2.27. The molecule has 0 radical (unpaired) electrons. The fourth-order valence-electron chi connectivity index (χ4n) is 2.97. The number of guanidine groups is 1. The van der Waals surface area contributed by atoms with Gasteiger partial charge in [-0.05, 0) is 44.0 Å². The number of hydrogen-bond donors (Lipinski definition) is 2. The SMILES string of the molecule is CCOC(=O)C1CCN(C(=NC)NCCNC(=O)c2ccc(Cl)cc2)CC1.I. The maximum atomic E-state index is 12.1. The summed E-state index contributed by atoms with van der Waals surface area (Å²) >= 11 is 5.82. The minimum absolute atomic E-state index is 0. The molecule has 9 heteroatoms. The maximum Gasteiger partial charge on any atom is 0.309 e. The Morgan fingerprint density at radius 2 is 1.79 bits per heavy atom. The number of amides is 1. The van der Waals surface area contributed by atoms with Gasteiger partial charge >= 0.3 is 5.97 Å². The second-order valence-electron chi connectivity index (χ2n) is 6.25. The van der Waals surface area contributed by atoms with Crippen LogP contribution in [0.1, 0.15) is 30.1 Å². The summed E-state index contributed by atoms with van der Waals surface area (Å²) in [7, 11) is 1.73. The molecular formula is C19H28ClIN4O3. The van der Waals surface area contributed by atoms with Crippen LogP contribution in [0, 0.1) is 5.92 Å². The van der Waals surface area contributed by atoms with Crippen molar-refractivity contribution in [3.05, 3.63) is 34.9 Å². The highest BCUT2D eigenvalue weighted by Crippen LogP contribution is 2.18. The van der Waals surface area contributed by atoms with Crippen molar-refractivity contribution in [2.75, 3.05) is 39.8 Å². The number of aliphatic imine (C=N–C) groups is 1. The number of likely N-dealkylation sites (tertiary alicyclic amines) is 1. The van der Waals surface area contributed by atoms with Gasteiger partial charge in [0.25, 0.3) is 5.91 Å². The maximum absolute atomic E-state index is 12.1. The van der Waals surface area contributed by atoms with Crippen LogP contribution in [-0.4, -0.2) is 62.6 Å². The minimum Gasteiger partial charge on any atom is -0.466 e. The Labute approximate surface area is 188 Å². The van der Waals surface area contributed by atoms with E-state index in [4.69, 9.17) is 16.3 Å². The van der Waals surface area contributed by atoms with Gasteiger partial charge in [0.15, 0.2) is 5.96 Å². The smallest absolute Gasteiger partial charge is 0.309 e. The standard InChI is InChI=1S/C19H27ClN4O3.HI/c1-3-27-18(26)15-8-12-24(13-9-15)19(21-2)23-11-10-22-17(25)14-4-6-16(20)7-5-14;/h4-7,15H,3,8-13H2,1-2H3,(H,21,23)(H,22,25);1H. The number of nitrogens with zero attached hydrogens (tertiary/aromatic N) is 2. The molecule has 7 nitrogen and oxygen atoms in total. The number of carbonyl (C=O) groups is 2. The first-order chi connectivity index (χ1) is 13.0. The Hall–Kier alpha value is -1.55. The topological polar surface area (TPSA) is 83.0 Å². The summed E-state index contributed by atoms with van der Waals surface area (Å²) in [5, 5.41) is 6.71. The van der Waals surface area contributed by atoms with Crippen LogP contribution in [0.2, 0.25) is 5.02 Å². The molecule has 0 atom stereocenters. The lowest BCUT2D eigenvalue weighted by Gasteiger charge is -2.33. The van der Waals surface area contributed by atoms with E-state index in [1.807, 2.05) is 6.92 Å². The predicted octanol–water partition coefficient (Wildman–Crippen LogP) is 2.54. The first-order valence-electron chi connectivity index (χ1n) is 9.21. The summed E-state index contributed by atoms with van der Waals surface area (Å²) in [6.07, 6.45) is 1.51. The van der Waals surface area contributed by atoms with Gasteiger partial charge in [0.05, 0.1) is 12.5 Å². The average molecular weight is 523 g/mol. The number of nitrogens with one attached hydrogen (secondary N) is 2. The van der Waals surface area contributed by atoms with Crippen molar-refractivity contribution in [2.24, 2.45) is 10.9 Å². The summed E-state index contributed by atoms with van der Waals surface area (Å²) in [4.78, 5) is 30.3. The van der Waals surface area contributed by atoms with Crippen LogP contribution in [0.3, 0.4) is 0 Å². The normalized spacial score (nSPS) is 14.8. The number of carbonyl (C=O) groups excluding carboxylic acids is 2. The molecule has 1 aromatic rings. The first kappa shape index (κ1) is 24.5. The fourth-order valence-corrected chi connectivity index (χ4v) is 3.10. The molecule has 1 aromatic carbocycles. The first-order valence-corrected chi connectivity index (χ1v) is 9.59. The molecule has 2 rings (SSSR count). The molecule has 1 aliphatic heterocycles. The summed E-state index contributed by atoms with van der Waals surface area (Å²) in [5.41, 5.74) is 0.574. The monoisotopic (exact) mass is 522 g/mol. The van der Waals surface area contributed by atoms with Crippen molar-refractivity contribution in [3.8, 4) is 0 Å². The molecule has 0 aromatic heterocycles. The third-order valence-electron chi connectivity index (χ3n) is 4.43. The van der Waals surface area contributed by atoms with Crippen molar-refractivity contribution < 1.29 is 14.3 Å². The number of esters is 1. The van der Waals surface area contributed by atoms with Crippen LogP contribution < -0.4 is 10.6 Å². The number of rotatable bonds is 6. The van der Waals surface area contributed by atoms with Gasteiger partial charge in [-0.2, -0.15) is 0 Å². The van der Waals surface area contributed by atoms with Crippen LogP contribution in [0.25, 0.3) is 0 Å². The molecule has 1 fully saturated rings. The lowest BCUT2D eigenvalue weighted by molar-refractivity contribution is -0.149. The molecule has 156 valence electrons. The molecular weight excluding hydrogens is 495 g/mol. The number of benzene rings is 1. The number of halogens is 2. The third kappa shape index (κ3) is 7.46. The van der Waals surface area contributed by atoms with Gasteiger partial charge in [-0.3, -0.25) is 14.6 Å². The van der Waals surface area contributed by atoms with Gasteiger partial charge < -0.3 is 20.3 Å². The second-order valence-corrected chi connectivity index (χ2v) is 6.69. The zero-order valence-corrected chi connectivity index (χ0v) is 19.3. The van der Waals surface area contributed by atoms with Crippen LogP contribution in [-0.2, 0) is 9.53 Å². The van der Waals surface area contributed by atoms with Gasteiger partial charge in [0, 0.05) is 43.8 Å². The minimum atomic E-state index is -0.140. The van der Waals surface area contributed by atoms with Crippen molar-refractivity contribution >= 4 is 53.4 Å². The Morgan fingerprint density at radius 1 is 1.18 bits per heavy atom. The van der Waals surface area contributed by atoms with Crippen molar-refractivity contribution in [1.82, 2.24) is 15.5 Å². The molecule has 28 heavy (non-hydrogen) atoms. The fraction of sp³-hybridized carbons (Fsp3) is 0.526. The quantitative estimate of drug-likeness (QED) is 0.197. The number of piperidine rings is 1. The second kappa shape index (κ2) is 12.8. The summed E-state index contributed by atoms with van der Waals surface area (Å²) in [5.74, 6) is 0.500. The van der Waals surface area contributed by atoms with E-state index >= 15 is 0 Å². The lowest BCUT2D eigenvalue weighted by atomic mass is 9.97. The highest BCUT2D eigenvalue weighted by atomic mass is 127. The summed E-state index contributed by atoms with van der Waals surface area (Å²) in [6.45, 7) is 4.78. The predicted molar refractivity (Wildman–Crippen MR) is 121 cm³/mol.